The van der Waals surface area contributed by atoms with Crippen LogP contribution in [0.1, 0.15) is 27.0 Å². The zero-order chi connectivity index (χ0) is 28.4. The summed E-state index contributed by atoms with van der Waals surface area (Å²) in [7, 11) is 3.19. The topological polar surface area (TPSA) is 78.4 Å². The predicted octanol–water partition coefficient (Wildman–Crippen LogP) is 6.78. The van der Waals surface area contributed by atoms with Crippen LogP contribution in [-0.4, -0.2) is 26.3 Å². The molecule has 1 amide bonds. The molecule has 5 aromatic carbocycles. The second kappa shape index (κ2) is 13.2. The minimum Gasteiger partial charge on any atom is -0.493 e. The molecule has 0 aromatic heterocycles. The van der Waals surface area contributed by atoms with Crippen LogP contribution < -0.4 is 24.4 Å². The van der Waals surface area contributed by atoms with Gasteiger partial charge in [0, 0.05) is 5.56 Å². The van der Waals surface area contributed by atoms with Gasteiger partial charge in [-0.1, -0.05) is 72.8 Å². The lowest BCUT2D eigenvalue weighted by molar-refractivity contribution is 0.0957. The van der Waals surface area contributed by atoms with E-state index in [1.54, 1.807) is 38.6 Å². The second-order valence-electron chi connectivity index (χ2n) is 9.18. The third-order valence-corrected chi connectivity index (χ3v) is 6.46. The first kappa shape index (κ1) is 27.3. The maximum absolute atomic E-state index is 12.7. The molecule has 0 heterocycles. The van der Waals surface area contributed by atoms with Crippen molar-refractivity contribution in [1.29, 1.82) is 0 Å². The number of amides is 1. The molecule has 5 aromatic rings. The van der Waals surface area contributed by atoms with E-state index in [-0.39, 0.29) is 5.91 Å². The normalized spacial score (nSPS) is 10.9. The number of carbonyl (C=O) groups is 1. The fourth-order valence-electron chi connectivity index (χ4n) is 4.35. The minimum atomic E-state index is -0.281. The summed E-state index contributed by atoms with van der Waals surface area (Å²) in [4.78, 5) is 12.7. The SMILES string of the molecule is COc1cc(/C=N/NC(=O)c2cccc3ccccc23)ccc1OCc1ccc(OCc2ccccc2)c(OC)c1. The number of hydrogen-bond donors (Lipinski definition) is 1. The molecule has 0 saturated carbocycles. The molecule has 0 bridgehead atoms. The van der Waals surface area contributed by atoms with Gasteiger partial charge in [0.25, 0.3) is 5.91 Å². The zero-order valence-corrected chi connectivity index (χ0v) is 22.9. The highest BCUT2D eigenvalue weighted by Gasteiger charge is 2.11. The fourth-order valence-corrected chi connectivity index (χ4v) is 4.35. The Morgan fingerprint density at radius 1 is 0.683 bits per heavy atom. The third kappa shape index (κ3) is 6.83. The van der Waals surface area contributed by atoms with E-state index in [2.05, 4.69) is 10.5 Å². The van der Waals surface area contributed by atoms with Crippen LogP contribution >= 0.6 is 0 Å². The molecule has 0 fully saturated rings. The Balaban J connectivity index is 1.20. The largest absolute Gasteiger partial charge is 0.493 e. The molecule has 0 unspecified atom stereocenters. The summed E-state index contributed by atoms with van der Waals surface area (Å²) in [5.41, 5.74) is 5.91. The number of nitrogens with one attached hydrogen (secondary N) is 1. The van der Waals surface area contributed by atoms with Gasteiger partial charge in [-0.2, -0.15) is 5.10 Å². The first-order chi connectivity index (χ1) is 20.1. The van der Waals surface area contributed by atoms with Gasteiger partial charge in [0.2, 0.25) is 0 Å². The van der Waals surface area contributed by atoms with Crippen molar-refractivity contribution < 1.29 is 23.7 Å². The summed E-state index contributed by atoms with van der Waals surface area (Å²) in [6.45, 7) is 0.757. The Morgan fingerprint density at radius 3 is 2.12 bits per heavy atom. The predicted molar refractivity (Wildman–Crippen MR) is 160 cm³/mol. The summed E-state index contributed by atoms with van der Waals surface area (Å²) in [6, 6.07) is 34.5. The molecule has 206 valence electrons. The minimum absolute atomic E-state index is 0.281. The molecule has 41 heavy (non-hydrogen) atoms. The highest BCUT2D eigenvalue weighted by atomic mass is 16.5. The number of hydrazone groups is 1. The standard InChI is InChI=1S/C34H30N2O5/c1-38-32-19-25(21-35-36-34(37)29-14-8-12-27-11-6-7-13-28(27)29)15-17-30(32)41-23-26-16-18-31(33(20-26)39-2)40-22-24-9-4-3-5-10-24/h3-21H,22-23H2,1-2H3,(H,36,37)/b35-21+. The number of fused-ring (bicyclic) bond motifs is 1. The lowest BCUT2D eigenvalue weighted by Gasteiger charge is -2.14. The Bertz CT molecular complexity index is 1660. The van der Waals surface area contributed by atoms with Crippen molar-refractivity contribution in [1.82, 2.24) is 5.43 Å². The van der Waals surface area contributed by atoms with Crippen LogP contribution in [-0.2, 0) is 13.2 Å². The van der Waals surface area contributed by atoms with Gasteiger partial charge in [-0.25, -0.2) is 5.43 Å². The molecule has 0 spiro atoms. The van der Waals surface area contributed by atoms with Crippen molar-refractivity contribution >= 4 is 22.9 Å². The summed E-state index contributed by atoms with van der Waals surface area (Å²) in [6.07, 6.45) is 1.56. The smallest absolute Gasteiger partial charge is 0.271 e. The second-order valence-corrected chi connectivity index (χ2v) is 9.18. The average molecular weight is 547 g/mol. The highest BCUT2D eigenvalue weighted by Crippen LogP contribution is 2.31. The van der Waals surface area contributed by atoms with Gasteiger partial charge in [-0.3, -0.25) is 4.79 Å². The molecular formula is C34H30N2O5. The summed E-state index contributed by atoms with van der Waals surface area (Å²) in [5, 5.41) is 6.01. The van der Waals surface area contributed by atoms with Gasteiger partial charge in [0.05, 0.1) is 20.4 Å². The fraction of sp³-hybridized carbons (Fsp3) is 0.118. The van der Waals surface area contributed by atoms with E-state index in [0.29, 0.717) is 41.8 Å². The molecule has 5 rings (SSSR count). The van der Waals surface area contributed by atoms with Crippen LogP contribution in [0.5, 0.6) is 23.0 Å². The van der Waals surface area contributed by atoms with E-state index >= 15 is 0 Å². The van der Waals surface area contributed by atoms with Gasteiger partial charge in [0.15, 0.2) is 23.0 Å². The van der Waals surface area contributed by atoms with Crippen LogP contribution in [0.3, 0.4) is 0 Å². The number of nitrogens with zero attached hydrogens (tertiary/aromatic N) is 1. The van der Waals surface area contributed by atoms with Gasteiger partial charge in [-0.05, 0) is 63.9 Å². The van der Waals surface area contributed by atoms with E-state index < -0.39 is 0 Å². The third-order valence-electron chi connectivity index (χ3n) is 6.46. The van der Waals surface area contributed by atoms with Crippen molar-refractivity contribution in [3.05, 3.63) is 131 Å². The van der Waals surface area contributed by atoms with Crippen LogP contribution in [0.2, 0.25) is 0 Å². The molecule has 0 radical (unpaired) electrons. The molecule has 7 nitrogen and oxygen atoms in total. The quantitative estimate of drug-likeness (QED) is 0.146. The van der Waals surface area contributed by atoms with Gasteiger partial charge in [0.1, 0.15) is 13.2 Å². The summed E-state index contributed by atoms with van der Waals surface area (Å²) in [5.74, 6) is 2.13. The monoisotopic (exact) mass is 546 g/mol. The molecule has 0 aliphatic rings. The van der Waals surface area contributed by atoms with E-state index in [0.717, 1.165) is 27.5 Å². The van der Waals surface area contributed by atoms with Crippen LogP contribution in [0.15, 0.2) is 114 Å². The molecule has 1 N–H and O–H groups in total. The first-order valence-electron chi connectivity index (χ1n) is 13.1. The van der Waals surface area contributed by atoms with E-state index in [4.69, 9.17) is 18.9 Å². The van der Waals surface area contributed by atoms with Crippen molar-refractivity contribution in [2.45, 2.75) is 13.2 Å². The van der Waals surface area contributed by atoms with Gasteiger partial charge >= 0.3 is 0 Å². The van der Waals surface area contributed by atoms with Crippen molar-refractivity contribution in [2.75, 3.05) is 14.2 Å². The number of ether oxygens (including phenoxy) is 4. The maximum Gasteiger partial charge on any atom is 0.271 e. The van der Waals surface area contributed by atoms with Crippen molar-refractivity contribution in [2.24, 2.45) is 5.10 Å². The number of carbonyl (C=O) groups excluding carboxylic acids is 1. The Kier molecular flexibility index (Phi) is 8.76. The van der Waals surface area contributed by atoms with E-state index in [1.807, 2.05) is 91.0 Å². The van der Waals surface area contributed by atoms with E-state index in [1.165, 1.54) is 0 Å². The van der Waals surface area contributed by atoms with Gasteiger partial charge in [-0.15, -0.1) is 0 Å². The molecule has 0 saturated heterocycles. The summed E-state index contributed by atoms with van der Waals surface area (Å²) < 4.78 is 23.1. The first-order valence-corrected chi connectivity index (χ1v) is 13.1. The highest BCUT2D eigenvalue weighted by molar-refractivity contribution is 6.07. The molecule has 0 aliphatic carbocycles. The molecule has 7 heteroatoms. The average Bonchev–Trinajstić information content (AvgIpc) is 3.03. The van der Waals surface area contributed by atoms with Gasteiger partial charge < -0.3 is 18.9 Å². The lowest BCUT2D eigenvalue weighted by Crippen LogP contribution is -2.17. The zero-order valence-electron chi connectivity index (χ0n) is 22.9. The van der Waals surface area contributed by atoms with E-state index in [9.17, 15) is 4.79 Å². The van der Waals surface area contributed by atoms with Crippen molar-refractivity contribution in [3.63, 3.8) is 0 Å². The lowest BCUT2D eigenvalue weighted by atomic mass is 10.0. The van der Waals surface area contributed by atoms with Crippen LogP contribution in [0.25, 0.3) is 10.8 Å². The number of hydrogen-bond acceptors (Lipinski definition) is 6. The number of rotatable bonds is 11. The summed E-state index contributed by atoms with van der Waals surface area (Å²) >= 11 is 0. The molecule has 0 atom stereocenters. The number of methoxy groups -OCH3 is 2. The Labute approximate surface area is 239 Å². The Hall–Kier alpha value is -5.30. The maximum atomic E-state index is 12.7. The number of benzene rings is 5. The Morgan fingerprint density at radius 2 is 1.34 bits per heavy atom. The van der Waals surface area contributed by atoms with Crippen LogP contribution in [0.4, 0.5) is 0 Å². The van der Waals surface area contributed by atoms with Crippen LogP contribution in [0, 0.1) is 0 Å². The molecule has 0 aliphatic heterocycles. The van der Waals surface area contributed by atoms with Crippen molar-refractivity contribution in [3.8, 4) is 23.0 Å². The molecular weight excluding hydrogens is 516 g/mol.